The van der Waals surface area contributed by atoms with Gasteiger partial charge in [-0.3, -0.25) is 0 Å². The summed E-state index contributed by atoms with van der Waals surface area (Å²) in [5.41, 5.74) is 1.95. The molecule has 0 aliphatic heterocycles. The van der Waals surface area contributed by atoms with E-state index in [-0.39, 0.29) is 11.4 Å². The molecule has 152 valence electrons. The van der Waals surface area contributed by atoms with E-state index < -0.39 is 24.3 Å². The highest BCUT2D eigenvalue weighted by Crippen LogP contribution is 2.31. The number of para-hydroxylation sites is 2. The number of carbonyl (C=O) groups is 2. The van der Waals surface area contributed by atoms with Crippen molar-refractivity contribution in [3.8, 4) is 0 Å². The molecule has 0 saturated carbocycles. The number of imidazole rings is 1. The van der Waals surface area contributed by atoms with E-state index in [1.54, 1.807) is 12.1 Å². The van der Waals surface area contributed by atoms with Crippen molar-refractivity contribution in [2.45, 2.75) is 6.92 Å². The molecule has 2 aromatic carbocycles. The molecule has 0 aliphatic carbocycles. The Hall–Kier alpha value is -3.65. The Labute approximate surface area is 175 Å². The van der Waals surface area contributed by atoms with E-state index in [2.05, 4.69) is 9.97 Å². The van der Waals surface area contributed by atoms with E-state index in [0.29, 0.717) is 15.9 Å². The minimum absolute atomic E-state index is 0.134. The number of aromatic nitrogens is 2. The minimum atomic E-state index is -0.791. The second-order valence-corrected chi connectivity index (χ2v) is 7.60. The number of fused-ring (bicyclic) bond motifs is 2. The van der Waals surface area contributed by atoms with Crippen molar-refractivity contribution < 1.29 is 24.2 Å². The van der Waals surface area contributed by atoms with Crippen molar-refractivity contribution in [3.63, 3.8) is 0 Å². The first-order chi connectivity index (χ1) is 14.5. The molecule has 0 fully saturated rings. The summed E-state index contributed by atoms with van der Waals surface area (Å²) in [5.74, 6) is -1.68. The average molecular weight is 422 g/mol. The van der Waals surface area contributed by atoms with E-state index in [0.717, 1.165) is 15.6 Å². The number of methoxy groups -OCH3 is 1. The van der Waals surface area contributed by atoms with Crippen LogP contribution in [-0.2, 0) is 14.3 Å². The first-order valence-corrected chi connectivity index (χ1v) is 9.92. The van der Waals surface area contributed by atoms with Crippen LogP contribution in [0.3, 0.4) is 0 Å². The molecule has 2 heterocycles. The van der Waals surface area contributed by atoms with Crippen LogP contribution in [0.4, 0.5) is 0 Å². The van der Waals surface area contributed by atoms with Gasteiger partial charge in [-0.15, -0.1) is 11.3 Å². The molecule has 0 atom stereocenters. The van der Waals surface area contributed by atoms with Crippen molar-refractivity contribution in [1.82, 2.24) is 9.97 Å². The van der Waals surface area contributed by atoms with Gasteiger partial charge in [0.05, 0.1) is 18.1 Å². The summed E-state index contributed by atoms with van der Waals surface area (Å²) < 4.78 is 11.0. The summed E-state index contributed by atoms with van der Waals surface area (Å²) in [4.78, 5) is 32.6. The predicted octanol–water partition coefficient (Wildman–Crippen LogP) is 4.39. The SMILES string of the molecule is COC(=O)/C(=C(/O)COC(=O)c1sc2ccccc2c1C)c1nc2ccccc2[nH]1. The van der Waals surface area contributed by atoms with E-state index in [4.69, 9.17) is 9.47 Å². The number of thiophene rings is 1. The van der Waals surface area contributed by atoms with Crippen molar-refractivity contribution in [2.75, 3.05) is 13.7 Å². The summed E-state index contributed by atoms with van der Waals surface area (Å²) in [7, 11) is 1.20. The van der Waals surface area contributed by atoms with Gasteiger partial charge in [0.1, 0.15) is 28.6 Å². The number of carbonyl (C=O) groups excluding carboxylic acids is 2. The number of aliphatic hydroxyl groups is 1. The molecule has 8 heteroatoms. The lowest BCUT2D eigenvalue weighted by molar-refractivity contribution is -0.133. The first kappa shape index (κ1) is 19.7. The van der Waals surface area contributed by atoms with Crippen LogP contribution in [0.15, 0.2) is 54.3 Å². The number of ether oxygens (including phenoxy) is 2. The Bertz CT molecular complexity index is 1270. The summed E-state index contributed by atoms with van der Waals surface area (Å²) >= 11 is 1.32. The number of nitrogens with one attached hydrogen (secondary N) is 1. The molecule has 0 radical (unpaired) electrons. The van der Waals surface area contributed by atoms with Crippen LogP contribution in [-0.4, -0.2) is 40.7 Å². The zero-order valence-corrected chi connectivity index (χ0v) is 17.1. The number of aryl methyl sites for hydroxylation is 1. The smallest absolute Gasteiger partial charge is 0.349 e. The van der Waals surface area contributed by atoms with Crippen LogP contribution in [0.25, 0.3) is 26.7 Å². The second-order valence-electron chi connectivity index (χ2n) is 6.54. The normalized spacial score (nSPS) is 12.1. The van der Waals surface area contributed by atoms with Gasteiger partial charge in [0.25, 0.3) is 0 Å². The predicted molar refractivity (Wildman–Crippen MR) is 115 cm³/mol. The third-order valence-corrected chi connectivity index (χ3v) is 5.93. The largest absolute Gasteiger partial charge is 0.508 e. The number of nitrogens with zero attached hydrogens (tertiary/aromatic N) is 1. The van der Waals surface area contributed by atoms with Gasteiger partial charge in [-0.25, -0.2) is 14.6 Å². The van der Waals surface area contributed by atoms with E-state index >= 15 is 0 Å². The van der Waals surface area contributed by atoms with E-state index in [1.165, 1.54) is 18.4 Å². The Kier molecular flexibility index (Phi) is 5.24. The Morgan fingerprint density at radius 1 is 1.13 bits per heavy atom. The van der Waals surface area contributed by atoms with Crippen molar-refractivity contribution >= 4 is 50.0 Å². The number of aliphatic hydroxyl groups excluding tert-OH is 1. The standard InChI is InChI=1S/C22H18N2O5S/c1-12-13-7-3-6-10-17(13)30-19(12)22(27)29-11-16(25)18(21(26)28-2)20-23-14-8-4-5-9-15(14)24-20/h3-10,25H,11H2,1-2H3,(H,23,24)/b18-16+. The molecule has 7 nitrogen and oxygen atoms in total. The molecule has 0 saturated heterocycles. The molecule has 0 spiro atoms. The molecular formula is C22H18N2O5S. The third kappa shape index (κ3) is 3.53. The molecule has 0 unspecified atom stereocenters. The van der Waals surface area contributed by atoms with Crippen molar-refractivity contribution in [3.05, 3.63) is 70.6 Å². The Morgan fingerprint density at radius 3 is 2.60 bits per heavy atom. The summed E-state index contributed by atoms with van der Waals surface area (Å²) in [5, 5.41) is 11.5. The monoisotopic (exact) mass is 422 g/mol. The fourth-order valence-corrected chi connectivity index (χ4v) is 4.27. The first-order valence-electron chi connectivity index (χ1n) is 9.10. The number of rotatable bonds is 5. The lowest BCUT2D eigenvalue weighted by Crippen LogP contribution is -2.14. The molecule has 30 heavy (non-hydrogen) atoms. The van der Waals surface area contributed by atoms with Gasteiger partial charge in [0.2, 0.25) is 0 Å². The molecule has 2 N–H and O–H groups in total. The highest BCUT2D eigenvalue weighted by atomic mass is 32.1. The van der Waals surface area contributed by atoms with E-state index in [9.17, 15) is 14.7 Å². The second kappa shape index (κ2) is 8.00. The number of benzene rings is 2. The quantitative estimate of drug-likeness (QED) is 0.281. The number of hydrogen-bond acceptors (Lipinski definition) is 7. The number of H-pyrrole nitrogens is 1. The number of aromatic amines is 1. The third-order valence-electron chi connectivity index (χ3n) is 4.67. The molecule has 2 aromatic heterocycles. The van der Waals surface area contributed by atoms with Gasteiger partial charge >= 0.3 is 11.9 Å². The zero-order valence-electron chi connectivity index (χ0n) is 16.3. The molecular weight excluding hydrogens is 404 g/mol. The molecule has 4 rings (SSSR count). The van der Waals surface area contributed by atoms with Gasteiger partial charge in [-0.2, -0.15) is 0 Å². The van der Waals surface area contributed by atoms with E-state index in [1.807, 2.05) is 43.3 Å². The van der Waals surface area contributed by atoms with Gasteiger partial charge in [0.15, 0.2) is 0 Å². The molecule has 0 bridgehead atoms. The lowest BCUT2D eigenvalue weighted by atomic mass is 10.1. The van der Waals surface area contributed by atoms with Crippen LogP contribution in [0.1, 0.15) is 21.1 Å². The van der Waals surface area contributed by atoms with Gasteiger partial charge < -0.3 is 19.6 Å². The van der Waals surface area contributed by atoms with Crippen LogP contribution in [0.2, 0.25) is 0 Å². The fraction of sp³-hybridized carbons (Fsp3) is 0.136. The fourth-order valence-electron chi connectivity index (χ4n) is 3.17. The molecule has 0 amide bonds. The van der Waals surface area contributed by atoms with Crippen LogP contribution >= 0.6 is 11.3 Å². The Morgan fingerprint density at radius 2 is 1.87 bits per heavy atom. The maximum Gasteiger partial charge on any atom is 0.349 e. The summed E-state index contributed by atoms with van der Waals surface area (Å²) in [6, 6.07) is 14.9. The van der Waals surface area contributed by atoms with Crippen LogP contribution in [0, 0.1) is 6.92 Å². The Balaban J connectivity index is 1.62. The van der Waals surface area contributed by atoms with Crippen molar-refractivity contribution in [1.29, 1.82) is 0 Å². The minimum Gasteiger partial charge on any atom is -0.508 e. The summed E-state index contributed by atoms with van der Waals surface area (Å²) in [6.45, 7) is 1.35. The van der Waals surface area contributed by atoms with Crippen LogP contribution in [0.5, 0.6) is 0 Å². The number of esters is 2. The highest BCUT2D eigenvalue weighted by Gasteiger charge is 2.24. The number of hydrogen-bond donors (Lipinski definition) is 2. The zero-order chi connectivity index (χ0) is 21.3. The topological polar surface area (TPSA) is 102 Å². The maximum atomic E-state index is 12.6. The highest BCUT2D eigenvalue weighted by molar-refractivity contribution is 7.21. The van der Waals surface area contributed by atoms with Crippen LogP contribution < -0.4 is 0 Å². The lowest BCUT2D eigenvalue weighted by Gasteiger charge is -2.08. The van der Waals surface area contributed by atoms with Gasteiger partial charge in [-0.05, 0) is 36.1 Å². The average Bonchev–Trinajstić information content (AvgIpc) is 3.33. The molecule has 4 aromatic rings. The molecule has 0 aliphatic rings. The van der Waals surface area contributed by atoms with Gasteiger partial charge in [-0.1, -0.05) is 30.3 Å². The van der Waals surface area contributed by atoms with Gasteiger partial charge in [0, 0.05) is 4.70 Å². The van der Waals surface area contributed by atoms with Crippen molar-refractivity contribution in [2.24, 2.45) is 0 Å². The summed E-state index contributed by atoms with van der Waals surface area (Å²) in [6.07, 6.45) is 0. The maximum absolute atomic E-state index is 12.6.